The molecule has 1 heterocycles. The summed E-state index contributed by atoms with van der Waals surface area (Å²) in [5.74, 6) is 0.803. The molecule has 0 amide bonds. The van der Waals surface area contributed by atoms with E-state index in [1.165, 1.54) is 0 Å². The van der Waals surface area contributed by atoms with Gasteiger partial charge in [-0.2, -0.15) is 0 Å². The highest BCUT2D eigenvalue weighted by Gasteiger charge is 2.33. The van der Waals surface area contributed by atoms with Crippen LogP contribution >= 0.6 is 31.9 Å². The zero-order chi connectivity index (χ0) is 11.8. The van der Waals surface area contributed by atoms with Crippen LogP contribution in [0.5, 0.6) is 0 Å². The Labute approximate surface area is 113 Å². The van der Waals surface area contributed by atoms with Gasteiger partial charge in [-0.25, -0.2) is 8.42 Å². The van der Waals surface area contributed by atoms with Gasteiger partial charge in [0.2, 0.25) is 0 Å². The molecule has 1 aliphatic rings. The van der Waals surface area contributed by atoms with Crippen LogP contribution < -0.4 is 0 Å². The number of halogens is 2. The molecule has 0 spiro atoms. The quantitative estimate of drug-likeness (QED) is 0.751. The fourth-order valence-electron chi connectivity index (χ4n) is 2.01. The normalized spacial score (nSPS) is 25.5. The lowest BCUT2D eigenvalue weighted by atomic mass is 9.99. The molecule has 1 fully saturated rings. The first-order valence-corrected chi connectivity index (χ1v) is 8.61. The van der Waals surface area contributed by atoms with Crippen LogP contribution in [-0.4, -0.2) is 19.9 Å². The molecule has 5 heteroatoms. The van der Waals surface area contributed by atoms with Gasteiger partial charge in [0.1, 0.15) is 0 Å². The summed E-state index contributed by atoms with van der Waals surface area (Å²) in [7, 11) is -2.81. The zero-order valence-electron chi connectivity index (χ0n) is 8.57. The Bertz CT molecular complexity index is 485. The van der Waals surface area contributed by atoms with Gasteiger partial charge in [-0.15, -0.1) is 0 Å². The summed E-state index contributed by atoms with van der Waals surface area (Å²) in [6.07, 6.45) is 0.750. The highest BCUT2D eigenvalue weighted by molar-refractivity contribution is 9.11. The molecular weight excluding hydrogens is 356 g/mol. The van der Waals surface area contributed by atoms with Crippen LogP contribution in [0, 0.1) is 5.92 Å². The second-order valence-electron chi connectivity index (χ2n) is 4.09. The minimum absolute atomic E-state index is 0.111. The third-order valence-corrected chi connectivity index (χ3v) is 6.64. The Kier molecular flexibility index (Phi) is 3.76. The Balaban J connectivity index is 2.21. The highest BCUT2D eigenvalue weighted by Crippen LogP contribution is 2.40. The van der Waals surface area contributed by atoms with Crippen LogP contribution in [-0.2, 0) is 9.84 Å². The molecule has 88 valence electrons. The van der Waals surface area contributed by atoms with E-state index < -0.39 is 9.84 Å². The van der Waals surface area contributed by atoms with Crippen LogP contribution in [0.1, 0.15) is 16.8 Å². The van der Waals surface area contributed by atoms with E-state index in [0.717, 1.165) is 16.5 Å². The maximum atomic E-state index is 11.4. The highest BCUT2D eigenvalue weighted by atomic mass is 79.9. The van der Waals surface area contributed by atoms with E-state index in [-0.39, 0.29) is 10.7 Å². The van der Waals surface area contributed by atoms with Crippen molar-refractivity contribution in [2.24, 2.45) is 5.92 Å². The van der Waals surface area contributed by atoms with Gasteiger partial charge in [-0.05, 0) is 24.0 Å². The second-order valence-corrected chi connectivity index (χ2v) is 8.16. The van der Waals surface area contributed by atoms with Crippen molar-refractivity contribution in [3.63, 3.8) is 0 Å². The van der Waals surface area contributed by atoms with E-state index >= 15 is 0 Å². The topological polar surface area (TPSA) is 34.1 Å². The molecule has 1 aliphatic heterocycles. The Morgan fingerprint density at radius 2 is 2.00 bits per heavy atom. The molecule has 2 atom stereocenters. The van der Waals surface area contributed by atoms with Gasteiger partial charge < -0.3 is 0 Å². The molecule has 1 aromatic carbocycles. The van der Waals surface area contributed by atoms with Crippen molar-refractivity contribution < 1.29 is 8.42 Å². The van der Waals surface area contributed by atoms with Crippen LogP contribution in [0.2, 0.25) is 0 Å². The van der Waals surface area contributed by atoms with Gasteiger partial charge in [-0.1, -0.05) is 50.1 Å². The summed E-state index contributed by atoms with van der Waals surface area (Å²) in [5.41, 5.74) is 1.13. The molecule has 0 saturated carbocycles. The number of sulfone groups is 1. The van der Waals surface area contributed by atoms with Crippen molar-refractivity contribution in [2.45, 2.75) is 11.2 Å². The Morgan fingerprint density at radius 3 is 2.56 bits per heavy atom. The van der Waals surface area contributed by atoms with Gasteiger partial charge in [0.15, 0.2) is 9.84 Å². The van der Waals surface area contributed by atoms with Gasteiger partial charge >= 0.3 is 0 Å². The molecule has 16 heavy (non-hydrogen) atoms. The summed E-state index contributed by atoms with van der Waals surface area (Å²) >= 11 is 7.11. The molecule has 2 nitrogen and oxygen atoms in total. The monoisotopic (exact) mass is 366 g/mol. The largest absolute Gasteiger partial charge is 0.229 e. The number of hydrogen-bond acceptors (Lipinski definition) is 2. The predicted octanol–water partition coefficient (Wildman–Crippen LogP) is 3.32. The number of benzene rings is 1. The van der Waals surface area contributed by atoms with Gasteiger partial charge in [0.05, 0.1) is 11.5 Å². The third kappa shape index (κ3) is 2.68. The molecule has 0 radical (unpaired) electrons. The molecule has 1 saturated heterocycles. The molecule has 1 aromatic rings. The lowest BCUT2D eigenvalue weighted by molar-refractivity contribution is 0.579. The van der Waals surface area contributed by atoms with Crippen molar-refractivity contribution in [3.05, 3.63) is 34.3 Å². The third-order valence-electron chi connectivity index (χ3n) is 2.88. The standard InChI is InChI=1S/C11H12Br2O2S/c12-10-4-2-1-3-9(10)11(13)8-5-6-16(14,15)7-8/h1-4,8,11H,5-7H2. The van der Waals surface area contributed by atoms with E-state index in [1.54, 1.807) is 0 Å². The van der Waals surface area contributed by atoms with E-state index in [4.69, 9.17) is 0 Å². The van der Waals surface area contributed by atoms with Gasteiger partial charge in [0, 0.05) is 9.30 Å². The first-order valence-electron chi connectivity index (χ1n) is 5.08. The molecule has 2 rings (SSSR count). The number of hydrogen-bond donors (Lipinski definition) is 0. The van der Waals surface area contributed by atoms with E-state index in [9.17, 15) is 8.42 Å². The van der Waals surface area contributed by atoms with Crippen LogP contribution in [0.4, 0.5) is 0 Å². The second kappa shape index (κ2) is 4.78. The molecule has 2 unspecified atom stereocenters. The SMILES string of the molecule is O=S1(=O)CCC(C(Br)c2ccccc2Br)C1. The van der Waals surface area contributed by atoms with E-state index in [1.807, 2.05) is 24.3 Å². The summed E-state index contributed by atoms with van der Waals surface area (Å²) in [6, 6.07) is 7.93. The zero-order valence-corrected chi connectivity index (χ0v) is 12.6. The first-order chi connectivity index (χ1) is 7.49. The summed E-state index contributed by atoms with van der Waals surface area (Å²) < 4.78 is 23.9. The minimum Gasteiger partial charge on any atom is -0.229 e. The minimum atomic E-state index is -2.81. The van der Waals surface area contributed by atoms with Crippen LogP contribution in [0.25, 0.3) is 0 Å². The molecule has 0 N–H and O–H groups in total. The maximum Gasteiger partial charge on any atom is 0.150 e. The lowest BCUT2D eigenvalue weighted by Gasteiger charge is -2.17. The maximum absolute atomic E-state index is 11.4. The van der Waals surface area contributed by atoms with Crippen molar-refractivity contribution in [1.29, 1.82) is 0 Å². The fourth-order valence-corrected chi connectivity index (χ4v) is 5.78. The predicted molar refractivity (Wildman–Crippen MR) is 72.6 cm³/mol. The average Bonchev–Trinajstić information content (AvgIpc) is 2.59. The number of rotatable bonds is 2. The fraction of sp³-hybridized carbons (Fsp3) is 0.455. The summed E-state index contributed by atoms with van der Waals surface area (Å²) in [5, 5.41) is 0. The van der Waals surface area contributed by atoms with E-state index in [2.05, 4.69) is 31.9 Å². The van der Waals surface area contributed by atoms with Crippen molar-refractivity contribution in [2.75, 3.05) is 11.5 Å². The lowest BCUT2D eigenvalue weighted by Crippen LogP contribution is -2.10. The van der Waals surface area contributed by atoms with Crippen LogP contribution in [0.15, 0.2) is 28.7 Å². The number of alkyl halides is 1. The van der Waals surface area contributed by atoms with Crippen LogP contribution in [0.3, 0.4) is 0 Å². The van der Waals surface area contributed by atoms with Crippen molar-refractivity contribution in [3.8, 4) is 0 Å². The van der Waals surface area contributed by atoms with Gasteiger partial charge in [0.25, 0.3) is 0 Å². The Morgan fingerprint density at radius 1 is 1.31 bits per heavy atom. The van der Waals surface area contributed by atoms with Gasteiger partial charge in [-0.3, -0.25) is 0 Å². The smallest absolute Gasteiger partial charge is 0.150 e. The molecular formula is C11H12Br2O2S. The summed E-state index contributed by atoms with van der Waals surface area (Å²) in [4.78, 5) is 0.111. The van der Waals surface area contributed by atoms with Crippen molar-refractivity contribution >= 4 is 41.7 Å². The van der Waals surface area contributed by atoms with E-state index in [0.29, 0.717) is 11.5 Å². The Hall–Kier alpha value is 0.130. The average molecular weight is 368 g/mol. The summed E-state index contributed by atoms with van der Waals surface area (Å²) in [6.45, 7) is 0. The molecule has 0 aliphatic carbocycles. The van der Waals surface area contributed by atoms with Crippen molar-refractivity contribution in [1.82, 2.24) is 0 Å². The molecule has 0 aromatic heterocycles. The molecule has 0 bridgehead atoms. The first kappa shape index (κ1) is 12.6.